The lowest BCUT2D eigenvalue weighted by molar-refractivity contribution is 0.112. The highest BCUT2D eigenvalue weighted by atomic mass is 16.1. The van der Waals surface area contributed by atoms with Gasteiger partial charge in [0.1, 0.15) is 0 Å². The van der Waals surface area contributed by atoms with Crippen LogP contribution in [0.2, 0.25) is 0 Å². The van der Waals surface area contributed by atoms with E-state index >= 15 is 0 Å². The Morgan fingerprint density at radius 2 is 2.24 bits per heavy atom. The van der Waals surface area contributed by atoms with E-state index in [0.29, 0.717) is 5.56 Å². The van der Waals surface area contributed by atoms with Crippen LogP contribution in [0.4, 0.5) is 0 Å². The predicted octanol–water partition coefficient (Wildman–Crippen LogP) is 2.25. The molecule has 2 aromatic heterocycles. The second-order valence-corrected chi connectivity index (χ2v) is 4.04. The van der Waals surface area contributed by atoms with Gasteiger partial charge in [0.05, 0.1) is 5.69 Å². The highest BCUT2D eigenvalue weighted by molar-refractivity contribution is 5.78. The highest BCUT2D eigenvalue weighted by Crippen LogP contribution is 2.23. The molecule has 0 aliphatic rings. The largest absolute Gasteiger partial charge is 0.298 e. The lowest BCUT2D eigenvalue weighted by Gasteiger charge is -2.01. The molecule has 0 saturated heterocycles. The van der Waals surface area contributed by atoms with Crippen molar-refractivity contribution >= 4 is 6.29 Å². The average molecular weight is 229 g/mol. The lowest BCUT2D eigenvalue weighted by Crippen LogP contribution is -1.91. The second-order valence-electron chi connectivity index (χ2n) is 4.04. The van der Waals surface area contributed by atoms with Gasteiger partial charge in [0.15, 0.2) is 6.29 Å². The smallest absolute Gasteiger partial charge is 0.151 e. The molecule has 0 amide bonds. The number of carbonyl (C=O) groups excluding carboxylic acids is 1. The first-order chi connectivity index (χ1) is 8.24. The summed E-state index contributed by atoms with van der Waals surface area (Å²) in [7, 11) is 1.90. The van der Waals surface area contributed by atoms with Crippen molar-refractivity contribution in [1.82, 2.24) is 14.8 Å². The van der Waals surface area contributed by atoms with Gasteiger partial charge in [-0.15, -0.1) is 0 Å². The topological polar surface area (TPSA) is 47.8 Å². The first-order valence-electron chi connectivity index (χ1n) is 5.67. The number of aryl methyl sites for hydroxylation is 2. The molecule has 0 fully saturated rings. The van der Waals surface area contributed by atoms with Crippen LogP contribution in [-0.4, -0.2) is 21.1 Å². The lowest BCUT2D eigenvalue weighted by atomic mass is 10.0. The van der Waals surface area contributed by atoms with E-state index in [9.17, 15) is 4.79 Å². The molecule has 0 aliphatic carbocycles. The molecule has 0 unspecified atom stereocenters. The van der Waals surface area contributed by atoms with Crippen LogP contribution >= 0.6 is 0 Å². The van der Waals surface area contributed by atoms with Gasteiger partial charge in [-0.3, -0.25) is 14.5 Å². The van der Waals surface area contributed by atoms with E-state index in [1.54, 1.807) is 17.1 Å². The Balaban J connectivity index is 2.47. The Labute approximate surface area is 100 Å². The van der Waals surface area contributed by atoms with Crippen molar-refractivity contribution in [3.8, 4) is 11.1 Å². The van der Waals surface area contributed by atoms with Crippen molar-refractivity contribution in [3.63, 3.8) is 0 Å². The Morgan fingerprint density at radius 3 is 2.94 bits per heavy atom. The first-order valence-corrected chi connectivity index (χ1v) is 5.67. The molecule has 4 nitrogen and oxygen atoms in total. The van der Waals surface area contributed by atoms with Crippen LogP contribution in [0.25, 0.3) is 11.1 Å². The van der Waals surface area contributed by atoms with E-state index in [4.69, 9.17) is 0 Å². The van der Waals surface area contributed by atoms with E-state index < -0.39 is 0 Å². The van der Waals surface area contributed by atoms with Gasteiger partial charge in [0.25, 0.3) is 0 Å². The molecule has 0 bridgehead atoms. The van der Waals surface area contributed by atoms with Gasteiger partial charge in [-0.25, -0.2) is 0 Å². The summed E-state index contributed by atoms with van der Waals surface area (Å²) >= 11 is 0. The quantitative estimate of drug-likeness (QED) is 0.755. The van der Waals surface area contributed by atoms with Gasteiger partial charge in [-0.2, -0.15) is 5.10 Å². The second kappa shape index (κ2) is 4.91. The van der Waals surface area contributed by atoms with E-state index in [1.165, 1.54) is 0 Å². The first kappa shape index (κ1) is 11.5. The van der Waals surface area contributed by atoms with Gasteiger partial charge in [0, 0.05) is 42.3 Å². The Hall–Kier alpha value is -1.97. The number of nitrogens with zero attached hydrogens (tertiary/aromatic N) is 3. The Bertz CT molecular complexity index is 531. The third-order valence-corrected chi connectivity index (χ3v) is 2.60. The van der Waals surface area contributed by atoms with Crippen molar-refractivity contribution in [2.45, 2.75) is 19.8 Å². The number of aldehydes is 1. The van der Waals surface area contributed by atoms with Crippen LogP contribution in [-0.2, 0) is 13.5 Å². The standard InChI is InChI=1S/C13H15N3O/c1-3-4-13-12(8-16(2)15-13)11-5-10(9-17)6-14-7-11/h5-9H,3-4H2,1-2H3. The average Bonchev–Trinajstić information content (AvgIpc) is 2.71. The Kier molecular flexibility index (Phi) is 3.32. The SMILES string of the molecule is CCCc1nn(C)cc1-c1cncc(C=O)c1. The maximum Gasteiger partial charge on any atom is 0.151 e. The van der Waals surface area contributed by atoms with E-state index in [-0.39, 0.29) is 0 Å². The van der Waals surface area contributed by atoms with Gasteiger partial charge < -0.3 is 0 Å². The number of hydrogen-bond donors (Lipinski definition) is 0. The maximum atomic E-state index is 10.7. The summed E-state index contributed by atoms with van der Waals surface area (Å²) < 4.78 is 1.80. The molecule has 0 radical (unpaired) electrons. The number of aromatic nitrogens is 3. The molecule has 2 heterocycles. The molecular weight excluding hydrogens is 214 g/mol. The van der Waals surface area contributed by atoms with Crippen LogP contribution in [0.5, 0.6) is 0 Å². The fourth-order valence-corrected chi connectivity index (χ4v) is 1.87. The van der Waals surface area contributed by atoms with Crippen molar-refractivity contribution in [1.29, 1.82) is 0 Å². The van der Waals surface area contributed by atoms with Crippen molar-refractivity contribution in [2.24, 2.45) is 7.05 Å². The molecule has 17 heavy (non-hydrogen) atoms. The molecule has 0 aliphatic heterocycles. The molecule has 88 valence electrons. The third kappa shape index (κ3) is 2.41. The van der Waals surface area contributed by atoms with Crippen molar-refractivity contribution in [2.75, 3.05) is 0 Å². The van der Waals surface area contributed by atoms with E-state index in [2.05, 4.69) is 17.0 Å². The molecule has 0 aromatic carbocycles. The van der Waals surface area contributed by atoms with Crippen LogP contribution < -0.4 is 0 Å². The minimum atomic E-state index is 0.591. The number of hydrogen-bond acceptors (Lipinski definition) is 3. The molecule has 0 spiro atoms. The summed E-state index contributed by atoms with van der Waals surface area (Å²) in [6.07, 6.45) is 8.09. The van der Waals surface area contributed by atoms with Crippen molar-refractivity contribution in [3.05, 3.63) is 35.9 Å². The molecule has 2 rings (SSSR count). The molecule has 0 atom stereocenters. The number of rotatable bonds is 4. The zero-order valence-electron chi connectivity index (χ0n) is 10.1. The Morgan fingerprint density at radius 1 is 1.41 bits per heavy atom. The zero-order valence-corrected chi connectivity index (χ0v) is 10.1. The number of carbonyl (C=O) groups is 1. The summed E-state index contributed by atoms with van der Waals surface area (Å²) in [6.45, 7) is 2.12. The van der Waals surface area contributed by atoms with Crippen LogP contribution in [0, 0.1) is 0 Å². The molecule has 4 heteroatoms. The van der Waals surface area contributed by atoms with Crippen molar-refractivity contribution < 1.29 is 4.79 Å². The van der Waals surface area contributed by atoms with Gasteiger partial charge in [-0.1, -0.05) is 13.3 Å². The molecular formula is C13H15N3O. The summed E-state index contributed by atoms with van der Waals surface area (Å²) in [6, 6.07) is 1.84. The fourth-order valence-electron chi connectivity index (χ4n) is 1.87. The minimum absolute atomic E-state index is 0.591. The minimum Gasteiger partial charge on any atom is -0.298 e. The van der Waals surface area contributed by atoms with Gasteiger partial charge in [0.2, 0.25) is 0 Å². The fraction of sp³-hybridized carbons (Fsp3) is 0.308. The monoisotopic (exact) mass is 229 g/mol. The van der Waals surface area contributed by atoms with Crippen LogP contribution in [0.1, 0.15) is 29.4 Å². The van der Waals surface area contributed by atoms with E-state index in [0.717, 1.165) is 35.9 Å². The van der Waals surface area contributed by atoms with E-state index in [1.807, 2.05) is 19.3 Å². The van der Waals surface area contributed by atoms with Crippen LogP contribution in [0.15, 0.2) is 24.7 Å². The van der Waals surface area contributed by atoms with Gasteiger partial charge >= 0.3 is 0 Å². The summed E-state index contributed by atoms with van der Waals surface area (Å²) in [5.74, 6) is 0. The summed E-state index contributed by atoms with van der Waals surface area (Å²) in [5.41, 5.74) is 3.66. The van der Waals surface area contributed by atoms with Gasteiger partial charge in [-0.05, 0) is 12.5 Å². The third-order valence-electron chi connectivity index (χ3n) is 2.60. The molecule has 0 saturated carbocycles. The van der Waals surface area contributed by atoms with Crippen LogP contribution in [0.3, 0.4) is 0 Å². The summed E-state index contributed by atoms with van der Waals surface area (Å²) in [5, 5.41) is 4.43. The maximum absolute atomic E-state index is 10.7. The molecule has 2 aromatic rings. The normalized spacial score (nSPS) is 10.5. The number of pyridine rings is 1. The highest BCUT2D eigenvalue weighted by Gasteiger charge is 2.09. The predicted molar refractivity (Wildman–Crippen MR) is 65.8 cm³/mol. The zero-order chi connectivity index (χ0) is 12.3. The summed E-state index contributed by atoms with van der Waals surface area (Å²) in [4.78, 5) is 14.8. The molecule has 0 N–H and O–H groups in total.